The van der Waals surface area contributed by atoms with Crippen molar-refractivity contribution in [1.29, 1.82) is 0 Å². The van der Waals surface area contributed by atoms with Gasteiger partial charge in [0.1, 0.15) is 31.0 Å². The lowest BCUT2D eigenvalue weighted by Crippen LogP contribution is -2.66. The Morgan fingerprint density at radius 3 is 1.62 bits per heavy atom. The minimum Gasteiger partial charge on any atom is -0.463 e. The van der Waals surface area contributed by atoms with Crippen LogP contribution in [0.4, 0.5) is 0 Å². The van der Waals surface area contributed by atoms with Gasteiger partial charge in [0.15, 0.2) is 6.29 Å². The summed E-state index contributed by atoms with van der Waals surface area (Å²) in [6.45, 7) is 3.53. The number of carbonyl (C=O) groups excluding carboxylic acids is 2. The molecule has 3 aromatic rings. The number of amides is 1. The molecule has 1 aliphatic rings. The molecular formula is C31H35NO7. The van der Waals surface area contributed by atoms with Gasteiger partial charge in [-0.25, -0.2) is 0 Å². The highest BCUT2D eigenvalue weighted by Crippen LogP contribution is 2.29. The Morgan fingerprint density at radius 1 is 0.692 bits per heavy atom. The van der Waals surface area contributed by atoms with Crippen LogP contribution in [0.1, 0.15) is 30.5 Å². The number of benzene rings is 3. The summed E-state index contributed by atoms with van der Waals surface area (Å²) in [5.74, 6) is -0.696. The molecule has 0 bridgehead atoms. The molecule has 0 aromatic heterocycles. The average Bonchev–Trinajstić information content (AvgIpc) is 2.95. The van der Waals surface area contributed by atoms with Gasteiger partial charge in [0, 0.05) is 13.8 Å². The molecule has 206 valence electrons. The second-order valence-corrected chi connectivity index (χ2v) is 9.39. The van der Waals surface area contributed by atoms with Crippen LogP contribution in [0.3, 0.4) is 0 Å². The van der Waals surface area contributed by atoms with E-state index in [1.165, 1.54) is 13.8 Å². The highest BCUT2D eigenvalue weighted by atomic mass is 16.7. The lowest BCUT2D eigenvalue weighted by atomic mass is 9.95. The van der Waals surface area contributed by atoms with E-state index in [1.807, 2.05) is 91.0 Å². The third kappa shape index (κ3) is 8.73. The molecule has 5 unspecified atom stereocenters. The first kappa shape index (κ1) is 28.4. The molecule has 0 radical (unpaired) electrons. The number of esters is 1. The van der Waals surface area contributed by atoms with E-state index in [0.717, 1.165) is 16.7 Å². The topological polar surface area (TPSA) is 92.3 Å². The van der Waals surface area contributed by atoms with Crippen LogP contribution in [-0.4, -0.2) is 49.1 Å². The molecule has 3 aromatic carbocycles. The van der Waals surface area contributed by atoms with Crippen molar-refractivity contribution in [2.75, 3.05) is 6.61 Å². The first-order valence-corrected chi connectivity index (χ1v) is 13.0. The normalized spacial score (nSPS) is 22.7. The number of rotatable bonds is 12. The summed E-state index contributed by atoms with van der Waals surface area (Å²) in [6, 6.07) is 28.4. The van der Waals surface area contributed by atoms with Gasteiger partial charge in [-0.2, -0.15) is 0 Å². The third-order valence-corrected chi connectivity index (χ3v) is 6.29. The second kappa shape index (κ2) is 14.6. The zero-order valence-corrected chi connectivity index (χ0v) is 22.2. The van der Waals surface area contributed by atoms with Crippen molar-refractivity contribution >= 4 is 11.9 Å². The third-order valence-electron chi connectivity index (χ3n) is 6.29. The van der Waals surface area contributed by atoms with Crippen molar-refractivity contribution in [1.82, 2.24) is 5.32 Å². The predicted molar refractivity (Wildman–Crippen MR) is 144 cm³/mol. The molecule has 5 atom stereocenters. The lowest BCUT2D eigenvalue weighted by molar-refractivity contribution is -0.291. The summed E-state index contributed by atoms with van der Waals surface area (Å²) in [7, 11) is 0. The molecule has 0 saturated carbocycles. The zero-order valence-electron chi connectivity index (χ0n) is 22.2. The van der Waals surface area contributed by atoms with Crippen LogP contribution in [0.15, 0.2) is 91.0 Å². The van der Waals surface area contributed by atoms with E-state index < -0.39 is 36.6 Å². The quantitative estimate of drug-likeness (QED) is 0.350. The molecule has 1 fully saturated rings. The van der Waals surface area contributed by atoms with Gasteiger partial charge >= 0.3 is 5.97 Å². The SMILES string of the molecule is CC(=O)NC1C(OCc2ccccc2)OC(COC(C)=O)C(OCc2ccccc2)C1OCc1ccccc1. The maximum absolute atomic E-state index is 12.3. The molecular weight excluding hydrogens is 498 g/mol. The fraction of sp³-hybridized carbons (Fsp3) is 0.355. The summed E-state index contributed by atoms with van der Waals surface area (Å²) in [4.78, 5) is 24.1. The van der Waals surface area contributed by atoms with Crippen molar-refractivity contribution in [3.63, 3.8) is 0 Å². The Kier molecular flexibility index (Phi) is 10.6. The molecule has 39 heavy (non-hydrogen) atoms. The Bertz CT molecular complexity index is 1160. The van der Waals surface area contributed by atoms with Gasteiger partial charge < -0.3 is 29.0 Å². The Hall–Kier alpha value is -3.56. The number of hydrogen-bond donors (Lipinski definition) is 1. The Morgan fingerprint density at radius 2 is 1.15 bits per heavy atom. The minimum atomic E-state index is -0.882. The number of hydrogen-bond acceptors (Lipinski definition) is 7. The smallest absolute Gasteiger partial charge is 0.302 e. The van der Waals surface area contributed by atoms with E-state index in [1.54, 1.807) is 0 Å². The fourth-order valence-corrected chi connectivity index (χ4v) is 4.45. The first-order chi connectivity index (χ1) is 19.0. The van der Waals surface area contributed by atoms with Gasteiger partial charge in [-0.1, -0.05) is 91.0 Å². The Balaban J connectivity index is 1.63. The molecule has 8 heteroatoms. The number of ether oxygens (including phenoxy) is 5. The van der Waals surface area contributed by atoms with Crippen LogP contribution < -0.4 is 5.32 Å². The molecule has 1 aliphatic heterocycles. The van der Waals surface area contributed by atoms with Crippen molar-refractivity contribution in [3.8, 4) is 0 Å². The molecule has 1 saturated heterocycles. The largest absolute Gasteiger partial charge is 0.463 e. The number of nitrogens with one attached hydrogen (secondary N) is 1. The minimum absolute atomic E-state index is 0.0576. The van der Waals surface area contributed by atoms with Crippen LogP contribution in [0.5, 0.6) is 0 Å². The van der Waals surface area contributed by atoms with E-state index in [0.29, 0.717) is 0 Å². The van der Waals surface area contributed by atoms with Gasteiger partial charge in [-0.3, -0.25) is 9.59 Å². The number of carbonyl (C=O) groups is 2. The first-order valence-electron chi connectivity index (χ1n) is 13.0. The fourth-order valence-electron chi connectivity index (χ4n) is 4.45. The molecule has 1 amide bonds. The molecule has 8 nitrogen and oxygen atoms in total. The van der Waals surface area contributed by atoms with Gasteiger partial charge in [0.25, 0.3) is 0 Å². The van der Waals surface area contributed by atoms with Crippen LogP contribution in [0.25, 0.3) is 0 Å². The highest BCUT2D eigenvalue weighted by molar-refractivity contribution is 5.73. The van der Waals surface area contributed by atoms with Crippen molar-refractivity contribution in [3.05, 3.63) is 108 Å². The van der Waals surface area contributed by atoms with Crippen LogP contribution >= 0.6 is 0 Å². The molecule has 1 heterocycles. The van der Waals surface area contributed by atoms with Gasteiger partial charge in [-0.05, 0) is 16.7 Å². The van der Waals surface area contributed by atoms with E-state index in [-0.39, 0.29) is 32.3 Å². The average molecular weight is 534 g/mol. The summed E-state index contributed by atoms with van der Waals surface area (Å²) >= 11 is 0. The molecule has 1 N–H and O–H groups in total. The summed E-state index contributed by atoms with van der Waals surface area (Å²) in [6.07, 6.45) is -2.94. The van der Waals surface area contributed by atoms with Gasteiger partial charge in [0.2, 0.25) is 5.91 Å². The molecule has 4 rings (SSSR count). The maximum atomic E-state index is 12.3. The summed E-state index contributed by atoms with van der Waals surface area (Å²) in [5, 5.41) is 2.97. The van der Waals surface area contributed by atoms with E-state index in [9.17, 15) is 9.59 Å². The van der Waals surface area contributed by atoms with E-state index >= 15 is 0 Å². The van der Waals surface area contributed by atoms with Gasteiger partial charge in [0.05, 0.1) is 19.8 Å². The maximum Gasteiger partial charge on any atom is 0.302 e. The van der Waals surface area contributed by atoms with Crippen LogP contribution in [0.2, 0.25) is 0 Å². The highest BCUT2D eigenvalue weighted by Gasteiger charge is 2.49. The summed E-state index contributed by atoms with van der Waals surface area (Å²) < 4.78 is 30.7. The standard InChI is InChI=1S/C31H35NO7/c1-22(33)32-28-30(37-19-25-14-8-4-9-15-25)29(36-18-24-12-6-3-7-13-24)27(21-35-23(2)34)39-31(28)38-20-26-16-10-5-11-17-26/h3-17,27-31H,18-21H2,1-2H3,(H,32,33). The molecule has 0 spiro atoms. The molecule has 0 aliphatic carbocycles. The predicted octanol–water partition coefficient (Wildman–Crippen LogP) is 4.17. The van der Waals surface area contributed by atoms with Crippen molar-refractivity contribution in [2.45, 2.75) is 64.3 Å². The monoisotopic (exact) mass is 533 g/mol. The Labute approximate surface area is 229 Å². The van der Waals surface area contributed by atoms with Crippen molar-refractivity contribution in [2.24, 2.45) is 0 Å². The van der Waals surface area contributed by atoms with E-state index in [2.05, 4.69) is 5.32 Å². The van der Waals surface area contributed by atoms with Gasteiger partial charge in [-0.15, -0.1) is 0 Å². The summed E-state index contributed by atoms with van der Waals surface area (Å²) in [5.41, 5.74) is 2.87. The second-order valence-electron chi connectivity index (χ2n) is 9.39. The zero-order chi connectivity index (χ0) is 27.5. The lowest BCUT2D eigenvalue weighted by Gasteiger charge is -2.46. The van der Waals surface area contributed by atoms with Crippen LogP contribution in [-0.2, 0) is 53.1 Å². The van der Waals surface area contributed by atoms with Crippen LogP contribution in [0, 0.1) is 0 Å². The van der Waals surface area contributed by atoms with E-state index in [4.69, 9.17) is 23.7 Å². The van der Waals surface area contributed by atoms with Crippen molar-refractivity contribution < 1.29 is 33.3 Å².